The van der Waals surface area contributed by atoms with Gasteiger partial charge in [-0.05, 0) is 18.9 Å². The lowest BCUT2D eigenvalue weighted by molar-refractivity contribution is -0.236. The molecule has 4 heteroatoms. The molecule has 1 saturated carbocycles. The first-order valence-electron chi connectivity index (χ1n) is 4.74. The highest BCUT2D eigenvalue weighted by molar-refractivity contribution is 5.27. The van der Waals surface area contributed by atoms with Gasteiger partial charge in [0.2, 0.25) is 0 Å². The minimum absolute atomic E-state index is 0.225. The van der Waals surface area contributed by atoms with Crippen molar-refractivity contribution in [3.63, 3.8) is 0 Å². The van der Waals surface area contributed by atoms with E-state index >= 15 is 0 Å². The third-order valence-electron chi connectivity index (χ3n) is 3.07. The van der Waals surface area contributed by atoms with Crippen LogP contribution in [0.4, 0.5) is 13.2 Å². The molecule has 0 radical (unpaired) electrons. The maximum atomic E-state index is 12.8. The molecular formula is C10H12F3N. The minimum Gasteiger partial charge on any atom is -0.384 e. The molecule has 1 nitrogen and oxygen atoms in total. The normalized spacial score (nSPS) is 24.9. The highest BCUT2D eigenvalue weighted by Gasteiger charge is 2.60. The summed E-state index contributed by atoms with van der Waals surface area (Å²) in [6, 6.07) is 0. The van der Waals surface area contributed by atoms with Crippen LogP contribution in [0.5, 0.6) is 0 Å². The van der Waals surface area contributed by atoms with Crippen LogP contribution in [-0.4, -0.2) is 12.7 Å². The molecule has 0 atom stereocenters. The molecular weight excluding hydrogens is 191 g/mol. The first-order valence-corrected chi connectivity index (χ1v) is 4.74. The molecule has 1 aliphatic carbocycles. The topological polar surface area (TPSA) is 12.0 Å². The second kappa shape index (κ2) is 3.04. The van der Waals surface area contributed by atoms with Gasteiger partial charge in [-0.2, -0.15) is 13.2 Å². The summed E-state index contributed by atoms with van der Waals surface area (Å²) < 4.78 is 38.5. The summed E-state index contributed by atoms with van der Waals surface area (Å²) in [6.45, 7) is 0.504. The monoisotopic (exact) mass is 203 g/mol. The molecule has 2 aliphatic rings. The van der Waals surface area contributed by atoms with Gasteiger partial charge < -0.3 is 5.32 Å². The smallest absolute Gasteiger partial charge is 0.384 e. The van der Waals surface area contributed by atoms with Crippen LogP contribution in [0.2, 0.25) is 0 Å². The fourth-order valence-corrected chi connectivity index (χ4v) is 2.02. The SMILES string of the molecule is FC(F)(F)C1(C2=CC=CCN2)CCC1. The van der Waals surface area contributed by atoms with E-state index in [0.717, 1.165) is 0 Å². The summed E-state index contributed by atoms with van der Waals surface area (Å²) in [5.74, 6) is 0. The Labute approximate surface area is 80.7 Å². The Bertz CT molecular complexity index is 284. The average Bonchev–Trinajstić information content (AvgIpc) is 2.01. The summed E-state index contributed by atoms with van der Waals surface area (Å²) in [5.41, 5.74) is -1.23. The molecule has 0 aromatic rings. The quantitative estimate of drug-likeness (QED) is 0.691. The molecule has 0 aromatic carbocycles. The van der Waals surface area contributed by atoms with E-state index in [9.17, 15) is 13.2 Å². The number of rotatable bonds is 1. The Morgan fingerprint density at radius 2 is 2.00 bits per heavy atom. The number of hydrogen-bond acceptors (Lipinski definition) is 1. The number of allylic oxidation sites excluding steroid dienone is 3. The predicted octanol–water partition coefficient (Wildman–Crippen LogP) is 2.76. The molecule has 0 bridgehead atoms. The molecule has 1 fully saturated rings. The van der Waals surface area contributed by atoms with Crippen LogP contribution in [0.3, 0.4) is 0 Å². The summed E-state index contributed by atoms with van der Waals surface area (Å²) >= 11 is 0. The molecule has 0 amide bonds. The van der Waals surface area contributed by atoms with Gasteiger partial charge in [-0.1, -0.05) is 18.6 Å². The highest BCUT2D eigenvalue weighted by atomic mass is 19.4. The van der Waals surface area contributed by atoms with Crippen LogP contribution in [0.1, 0.15) is 19.3 Å². The Morgan fingerprint density at radius 1 is 1.29 bits per heavy atom. The van der Waals surface area contributed by atoms with Crippen LogP contribution in [0, 0.1) is 5.41 Å². The van der Waals surface area contributed by atoms with E-state index in [-0.39, 0.29) is 12.8 Å². The fraction of sp³-hybridized carbons (Fsp3) is 0.600. The zero-order chi connectivity index (χ0) is 10.2. The van der Waals surface area contributed by atoms with Crippen molar-refractivity contribution in [1.29, 1.82) is 0 Å². The first kappa shape index (κ1) is 9.62. The lowest BCUT2D eigenvalue weighted by atomic mass is 9.65. The van der Waals surface area contributed by atoms with Crippen molar-refractivity contribution in [2.75, 3.05) is 6.54 Å². The van der Waals surface area contributed by atoms with E-state index in [1.54, 1.807) is 12.2 Å². The Morgan fingerprint density at radius 3 is 2.36 bits per heavy atom. The Hall–Kier alpha value is -0.930. The molecule has 0 aromatic heterocycles. The number of dihydropyridines is 1. The summed E-state index contributed by atoms with van der Waals surface area (Å²) in [7, 11) is 0. The van der Waals surface area contributed by atoms with Gasteiger partial charge >= 0.3 is 6.18 Å². The average molecular weight is 203 g/mol. The van der Waals surface area contributed by atoms with Gasteiger partial charge in [0.15, 0.2) is 0 Å². The van der Waals surface area contributed by atoms with Crippen molar-refractivity contribution in [3.05, 3.63) is 23.9 Å². The molecule has 2 rings (SSSR count). The molecule has 1 N–H and O–H groups in total. The predicted molar refractivity (Wildman–Crippen MR) is 47.6 cm³/mol. The van der Waals surface area contributed by atoms with Gasteiger partial charge in [-0.25, -0.2) is 0 Å². The van der Waals surface area contributed by atoms with E-state index in [1.807, 2.05) is 6.08 Å². The molecule has 78 valence electrons. The van der Waals surface area contributed by atoms with Crippen molar-refractivity contribution >= 4 is 0 Å². The van der Waals surface area contributed by atoms with Crippen LogP contribution in [-0.2, 0) is 0 Å². The van der Waals surface area contributed by atoms with E-state index in [4.69, 9.17) is 0 Å². The zero-order valence-corrected chi connectivity index (χ0v) is 7.69. The zero-order valence-electron chi connectivity index (χ0n) is 7.69. The Balaban J connectivity index is 2.28. The van der Waals surface area contributed by atoms with Gasteiger partial charge in [-0.15, -0.1) is 0 Å². The van der Waals surface area contributed by atoms with Crippen LogP contribution >= 0.6 is 0 Å². The summed E-state index contributed by atoms with van der Waals surface area (Å²) in [5, 5.41) is 2.82. The van der Waals surface area contributed by atoms with E-state index < -0.39 is 11.6 Å². The van der Waals surface area contributed by atoms with Gasteiger partial charge in [0.05, 0.1) is 0 Å². The molecule has 1 heterocycles. The third kappa shape index (κ3) is 1.24. The van der Waals surface area contributed by atoms with E-state index in [2.05, 4.69) is 5.32 Å². The molecule has 14 heavy (non-hydrogen) atoms. The largest absolute Gasteiger partial charge is 0.399 e. The minimum atomic E-state index is -4.12. The highest BCUT2D eigenvalue weighted by Crippen LogP contribution is 2.56. The number of hydrogen-bond donors (Lipinski definition) is 1. The standard InChI is InChI=1S/C10H12F3N/c11-10(12,13)9(5-3-6-9)8-4-1-2-7-14-8/h1-2,4,14H,3,5-7H2. The molecule has 0 unspecified atom stereocenters. The molecule has 0 spiro atoms. The number of nitrogens with one attached hydrogen (secondary N) is 1. The lowest BCUT2D eigenvalue weighted by Gasteiger charge is -2.45. The lowest BCUT2D eigenvalue weighted by Crippen LogP contribution is -2.49. The van der Waals surface area contributed by atoms with Crippen molar-refractivity contribution in [3.8, 4) is 0 Å². The molecule has 1 aliphatic heterocycles. The molecule has 0 saturated heterocycles. The fourth-order valence-electron chi connectivity index (χ4n) is 2.02. The van der Waals surface area contributed by atoms with E-state index in [0.29, 0.717) is 18.7 Å². The van der Waals surface area contributed by atoms with Crippen molar-refractivity contribution in [2.45, 2.75) is 25.4 Å². The number of alkyl halides is 3. The number of halogens is 3. The maximum absolute atomic E-state index is 12.8. The summed E-state index contributed by atoms with van der Waals surface area (Å²) in [4.78, 5) is 0. The summed E-state index contributed by atoms with van der Waals surface area (Å²) in [6.07, 6.45) is 2.06. The van der Waals surface area contributed by atoms with Gasteiger partial charge in [0.25, 0.3) is 0 Å². The third-order valence-corrected chi connectivity index (χ3v) is 3.07. The first-order chi connectivity index (χ1) is 6.56. The second-order valence-corrected chi connectivity index (χ2v) is 3.82. The van der Waals surface area contributed by atoms with Crippen molar-refractivity contribution in [2.24, 2.45) is 5.41 Å². The Kier molecular flexibility index (Phi) is 2.09. The van der Waals surface area contributed by atoms with Gasteiger partial charge in [0, 0.05) is 12.2 Å². The maximum Gasteiger partial charge on any atom is 0.399 e. The van der Waals surface area contributed by atoms with E-state index in [1.165, 1.54) is 0 Å². The van der Waals surface area contributed by atoms with Crippen LogP contribution in [0.25, 0.3) is 0 Å². The van der Waals surface area contributed by atoms with Gasteiger partial charge in [0.1, 0.15) is 5.41 Å². The van der Waals surface area contributed by atoms with Crippen molar-refractivity contribution in [1.82, 2.24) is 5.32 Å². The van der Waals surface area contributed by atoms with Gasteiger partial charge in [-0.3, -0.25) is 0 Å². The van der Waals surface area contributed by atoms with Crippen LogP contribution < -0.4 is 5.32 Å². The van der Waals surface area contributed by atoms with Crippen molar-refractivity contribution < 1.29 is 13.2 Å². The van der Waals surface area contributed by atoms with Crippen LogP contribution in [0.15, 0.2) is 23.9 Å². The second-order valence-electron chi connectivity index (χ2n) is 3.82.